The molecule has 0 saturated heterocycles. The van der Waals surface area contributed by atoms with E-state index in [2.05, 4.69) is 15.0 Å². The molecular weight excluding hydrogens is 240 g/mol. The molecule has 0 atom stereocenters. The molecule has 0 unspecified atom stereocenters. The molecule has 96 valence electrons. The summed E-state index contributed by atoms with van der Waals surface area (Å²) in [4.78, 5) is 13.3. The second kappa shape index (κ2) is 3.81. The minimum absolute atomic E-state index is 0.485. The summed E-state index contributed by atoms with van der Waals surface area (Å²) in [7, 11) is 0. The first-order chi connectivity index (χ1) is 9.33. The number of nitrogens with two attached hydrogens (primary N) is 1. The van der Waals surface area contributed by atoms with Gasteiger partial charge >= 0.3 is 0 Å². The monoisotopic (exact) mass is 254 g/mol. The predicted octanol–water partition coefficient (Wildman–Crippen LogP) is 1.38. The summed E-state index contributed by atoms with van der Waals surface area (Å²) >= 11 is 0. The van der Waals surface area contributed by atoms with Gasteiger partial charge in [-0.2, -0.15) is 0 Å². The van der Waals surface area contributed by atoms with Gasteiger partial charge in [-0.25, -0.2) is 15.0 Å². The first-order valence-corrected chi connectivity index (χ1v) is 6.47. The summed E-state index contributed by atoms with van der Waals surface area (Å²) < 4.78 is 3.93. The first kappa shape index (κ1) is 10.5. The van der Waals surface area contributed by atoms with Crippen molar-refractivity contribution in [3.8, 4) is 5.82 Å². The van der Waals surface area contributed by atoms with Gasteiger partial charge in [0.05, 0.1) is 11.9 Å². The first-order valence-electron chi connectivity index (χ1n) is 6.47. The largest absolute Gasteiger partial charge is 0.382 e. The second-order valence-corrected chi connectivity index (χ2v) is 4.86. The molecule has 3 heterocycles. The Bertz CT molecular complexity index is 754. The molecule has 1 aliphatic carbocycles. The van der Waals surface area contributed by atoms with E-state index in [1.165, 1.54) is 24.2 Å². The van der Waals surface area contributed by atoms with E-state index < -0.39 is 0 Å². The maximum Gasteiger partial charge on any atom is 0.184 e. The van der Waals surface area contributed by atoms with Crippen molar-refractivity contribution in [2.24, 2.45) is 0 Å². The Kier molecular flexibility index (Phi) is 2.11. The van der Waals surface area contributed by atoms with Gasteiger partial charge in [-0.3, -0.25) is 4.57 Å². The van der Waals surface area contributed by atoms with E-state index in [1.54, 1.807) is 12.4 Å². The summed E-state index contributed by atoms with van der Waals surface area (Å²) in [6, 6.07) is 0. The number of nitrogen functional groups attached to an aromatic ring is 1. The smallest absolute Gasteiger partial charge is 0.184 e. The summed E-state index contributed by atoms with van der Waals surface area (Å²) in [5, 5.41) is 0. The van der Waals surface area contributed by atoms with Crippen LogP contribution in [0.3, 0.4) is 0 Å². The molecule has 0 bridgehead atoms. The van der Waals surface area contributed by atoms with Crippen molar-refractivity contribution < 1.29 is 0 Å². The van der Waals surface area contributed by atoms with Crippen molar-refractivity contribution in [3.05, 3.63) is 36.3 Å². The molecule has 6 nitrogen and oxygen atoms in total. The third-order valence-corrected chi connectivity index (χ3v) is 3.63. The zero-order chi connectivity index (χ0) is 12.8. The molecule has 0 fully saturated rings. The lowest BCUT2D eigenvalue weighted by Gasteiger charge is -2.14. The van der Waals surface area contributed by atoms with Crippen molar-refractivity contribution in [1.29, 1.82) is 0 Å². The number of anilines is 1. The Morgan fingerprint density at radius 2 is 2.05 bits per heavy atom. The highest BCUT2D eigenvalue weighted by atomic mass is 15.2. The minimum Gasteiger partial charge on any atom is -0.382 e. The quantitative estimate of drug-likeness (QED) is 0.712. The molecule has 0 aliphatic heterocycles. The number of hydrogen-bond donors (Lipinski definition) is 1. The number of aromatic nitrogens is 5. The van der Waals surface area contributed by atoms with E-state index in [9.17, 15) is 0 Å². The van der Waals surface area contributed by atoms with E-state index in [1.807, 2.05) is 21.5 Å². The van der Waals surface area contributed by atoms with E-state index in [4.69, 9.17) is 5.73 Å². The molecule has 4 rings (SSSR count). The number of nitrogens with zero attached hydrogens (tertiary/aromatic N) is 5. The van der Waals surface area contributed by atoms with Crippen LogP contribution in [0, 0.1) is 0 Å². The van der Waals surface area contributed by atoms with Gasteiger partial charge in [0.2, 0.25) is 0 Å². The highest BCUT2D eigenvalue weighted by molar-refractivity contribution is 5.58. The van der Waals surface area contributed by atoms with E-state index in [-0.39, 0.29) is 0 Å². The van der Waals surface area contributed by atoms with Gasteiger partial charge in [0.15, 0.2) is 11.5 Å². The Morgan fingerprint density at radius 1 is 1.16 bits per heavy atom. The van der Waals surface area contributed by atoms with Gasteiger partial charge in [0.25, 0.3) is 0 Å². The fourth-order valence-corrected chi connectivity index (χ4v) is 2.75. The van der Waals surface area contributed by atoms with Crippen LogP contribution in [0.25, 0.3) is 11.5 Å². The van der Waals surface area contributed by atoms with Crippen molar-refractivity contribution >= 4 is 11.5 Å². The van der Waals surface area contributed by atoms with Crippen molar-refractivity contribution in [2.75, 3.05) is 5.73 Å². The standard InChI is InChI=1S/C13H14N6/c14-11-7-18-6-5-15-12(18)13(17-11)19-8-16-9-3-1-2-4-10(9)19/h5-8H,1-4,14H2. The van der Waals surface area contributed by atoms with Crippen LogP contribution >= 0.6 is 0 Å². The highest BCUT2D eigenvalue weighted by Crippen LogP contribution is 2.24. The number of imidazole rings is 2. The van der Waals surface area contributed by atoms with Gasteiger partial charge in [0, 0.05) is 18.1 Å². The lowest BCUT2D eigenvalue weighted by Crippen LogP contribution is -2.10. The van der Waals surface area contributed by atoms with Crippen LogP contribution in [0.4, 0.5) is 5.82 Å². The molecule has 6 heteroatoms. The van der Waals surface area contributed by atoms with Crippen LogP contribution < -0.4 is 5.73 Å². The van der Waals surface area contributed by atoms with Crippen LogP contribution in [0.1, 0.15) is 24.2 Å². The van der Waals surface area contributed by atoms with E-state index in [0.717, 1.165) is 24.3 Å². The molecule has 0 radical (unpaired) electrons. The number of aryl methyl sites for hydroxylation is 1. The fraction of sp³-hybridized carbons (Fsp3) is 0.308. The van der Waals surface area contributed by atoms with Gasteiger partial charge in [-0.05, 0) is 25.7 Å². The van der Waals surface area contributed by atoms with Crippen molar-refractivity contribution in [2.45, 2.75) is 25.7 Å². The predicted molar refractivity (Wildman–Crippen MR) is 71.2 cm³/mol. The topological polar surface area (TPSA) is 74.0 Å². The summed E-state index contributed by atoms with van der Waals surface area (Å²) in [5.41, 5.74) is 9.10. The average Bonchev–Trinajstić information content (AvgIpc) is 3.03. The van der Waals surface area contributed by atoms with E-state index in [0.29, 0.717) is 5.82 Å². The molecule has 0 amide bonds. The van der Waals surface area contributed by atoms with Gasteiger partial charge in [-0.15, -0.1) is 0 Å². The molecule has 0 spiro atoms. The Labute approximate surface area is 109 Å². The van der Waals surface area contributed by atoms with Gasteiger partial charge in [0.1, 0.15) is 12.1 Å². The zero-order valence-electron chi connectivity index (χ0n) is 10.5. The minimum atomic E-state index is 0.485. The Morgan fingerprint density at radius 3 is 3.00 bits per heavy atom. The Hall–Kier alpha value is -2.37. The Balaban J connectivity index is 1.99. The second-order valence-electron chi connectivity index (χ2n) is 4.86. The molecule has 19 heavy (non-hydrogen) atoms. The third kappa shape index (κ3) is 1.53. The average molecular weight is 254 g/mol. The SMILES string of the molecule is Nc1cn2ccnc2c(-n2cnc3c2CCCC3)n1. The maximum absolute atomic E-state index is 5.87. The molecule has 0 aromatic carbocycles. The molecule has 0 saturated carbocycles. The van der Waals surface area contributed by atoms with Crippen LogP contribution in [0.15, 0.2) is 24.9 Å². The lowest BCUT2D eigenvalue weighted by atomic mass is 10.0. The summed E-state index contributed by atoms with van der Waals surface area (Å²) in [6.07, 6.45) is 11.7. The van der Waals surface area contributed by atoms with Gasteiger partial charge in [-0.1, -0.05) is 0 Å². The zero-order valence-corrected chi connectivity index (χ0v) is 10.5. The molecule has 3 aromatic heterocycles. The number of rotatable bonds is 1. The van der Waals surface area contributed by atoms with E-state index >= 15 is 0 Å². The lowest BCUT2D eigenvalue weighted by molar-refractivity contribution is 0.654. The molecular formula is C13H14N6. The van der Waals surface area contributed by atoms with Crippen LogP contribution in [-0.2, 0) is 12.8 Å². The molecule has 2 N–H and O–H groups in total. The molecule has 1 aliphatic rings. The van der Waals surface area contributed by atoms with Crippen LogP contribution in [0.2, 0.25) is 0 Å². The number of hydrogen-bond acceptors (Lipinski definition) is 4. The maximum atomic E-state index is 5.87. The van der Waals surface area contributed by atoms with Gasteiger partial charge < -0.3 is 10.1 Å². The van der Waals surface area contributed by atoms with Crippen LogP contribution in [0.5, 0.6) is 0 Å². The van der Waals surface area contributed by atoms with Crippen LogP contribution in [-0.4, -0.2) is 23.9 Å². The fourth-order valence-electron chi connectivity index (χ4n) is 2.75. The summed E-state index contributed by atoms with van der Waals surface area (Å²) in [5.74, 6) is 1.25. The third-order valence-electron chi connectivity index (χ3n) is 3.63. The number of fused-ring (bicyclic) bond motifs is 2. The molecule has 3 aromatic rings. The highest BCUT2D eigenvalue weighted by Gasteiger charge is 2.18. The van der Waals surface area contributed by atoms with Crippen molar-refractivity contribution in [3.63, 3.8) is 0 Å². The normalized spacial score (nSPS) is 14.7. The summed E-state index contributed by atoms with van der Waals surface area (Å²) in [6.45, 7) is 0. The van der Waals surface area contributed by atoms with Crippen molar-refractivity contribution in [1.82, 2.24) is 23.9 Å².